The van der Waals surface area contributed by atoms with Gasteiger partial charge in [0, 0.05) is 16.7 Å². The van der Waals surface area contributed by atoms with E-state index in [1.54, 1.807) is 0 Å². The van der Waals surface area contributed by atoms with Gasteiger partial charge in [-0.25, -0.2) is 15.0 Å². The number of aromatic nitrogens is 3. The molecular weight excluding hydrogens is 655 g/mol. The van der Waals surface area contributed by atoms with E-state index in [0.717, 1.165) is 50.1 Å². The Hall–Kier alpha value is -7.23. The average Bonchev–Trinajstić information content (AvgIpc) is 3.27. The fourth-order valence-corrected chi connectivity index (χ4v) is 6.96. The number of hydrogen-bond donors (Lipinski definition) is 0. The van der Waals surface area contributed by atoms with Crippen LogP contribution in [-0.2, 0) is 0 Å². The highest BCUT2D eigenvalue weighted by atomic mass is 15.0. The number of nitrogens with zero attached hydrogens (tertiary/aromatic N) is 3. The summed E-state index contributed by atoms with van der Waals surface area (Å²) in [7, 11) is 0. The maximum Gasteiger partial charge on any atom is 0.164 e. The van der Waals surface area contributed by atoms with E-state index < -0.39 is 0 Å². The molecule has 54 heavy (non-hydrogen) atoms. The van der Waals surface area contributed by atoms with E-state index in [0.29, 0.717) is 17.5 Å². The van der Waals surface area contributed by atoms with Crippen molar-refractivity contribution >= 4 is 0 Å². The third-order valence-corrected chi connectivity index (χ3v) is 9.78. The first kappa shape index (κ1) is 32.7. The van der Waals surface area contributed by atoms with Gasteiger partial charge in [0.2, 0.25) is 0 Å². The molecule has 1 heterocycles. The van der Waals surface area contributed by atoms with E-state index in [2.05, 4.69) is 194 Å². The van der Waals surface area contributed by atoms with Gasteiger partial charge in [0.1, 0.15) is 0 Å². The predicted octanol–water partition coefficient (Wildman–Crippen LogP) is 13.2. The summed E-state index contributed by atoms with van der Waals surface area (Å²) in [5, 5.41) is 0. The lowest BCUT2D eigenvalue weighted by atomic mass is 9.92. The Labute approximate surface area is 316 Å². The molecule has 0 saturated carbocycles. The van der Waals surface area contributed by atoms with Crippen LogP contribution in [0.25, 0.3) is 89.8 Å². The molecule has 0 spiro atoms. The van der Waals surface area contributed by atoms with Crippen LogP contribution in [0, 0.1) is 0 Å². The maximum absolute atomic E-state index is 5.13. The third-order valence-electron chi connectivity index (χ3n) is 9.78. The largest absolute Gasteiger partial charge is 0.208 e. The quantitative estimate of drug-likeness (QED) is 0.159. The monoisotopic (exact) mass is 689 g/mol. The highest BCUT2D eigenvalue weighted by Gasteiger charge is 2.15. The van der Waals surface area contributed by atoms with Crippen LogP contribution >= 0.6 is 0 Å². The molecule has 0 fully saturated rings. The van der Waals surface area contributed by atoms with Crippen molar-refractivity contribution in [3.63, 3.8) is 0 Å². The zero-order valence-electron chi connectivity index (χ0n) is 29.5. The normalized spacial score (nSPS) is 11.0. The van der Waals surface area contributed by atoms with Crippen molar-refractivity contribution in [2.45, 2.75) is 0 Å². The predicted molar refractivity (Wildman–Crippen MR) is 223 cm³/mol. The van der Waals surface area contributed by atoms with E-state index in [1.807, 2.05) is 18.2 Å². The zero-order valence-corrected chi connectivity index (χ0v) is 29.5. The molecule has 254 valence electrons. The highest BCUT2D eigenvalue weighted by Crippen LogP contribution is 2.36. The molecule has 3 nitrogen and oxygen atoms in total. The number of benzene rings is 8. The minimum atomic E-state index is 0.624. The van der Waals surface area contributed by atoms with Gasteiger partial charge in [0.05, 0.1) is 0 Å². The van der Waals surface area contributed by atoms with E-state index in [4.69, 9.17) is 15.0 Å². The van der Waals surface area contributed by atoms with Gasteiger partial charge in [0.25, 0.3) is 0 Å². The molecule has 0 aliphatic carbocycles. The molecular formula is C51H35N3. The molecule has 0 saturated heterocycles. The summed E-state index contributed by atoms with van der Waals surface area (Å²) >= 11 is 0. The van der Waals surface area contributed by atoms with Gasteiger partial charge < -0.3 is 0 Å². The smallest absolute Gasteiger partial charge is 0.164 e. The molecule has 8 aromatic carbocycles. The Morgan fingerprint density at radius 3 is 0.981 bits per heavy atom. The van der Waals surface area contributed by atoms with Crippen LogP contribution in [0.2, 0.25) is 0 Å². The first-order valence-electron chi connectivity index (χ1n) is 18.2. The summed E-state index contributed by atoms with van der Waals surface area (Å²) in [6, 6.07) is 74.1. The summed E-state index contributed by atoms with van der Waals surface area (Å²) < 4.78 is 0. The van der Waals surface area contributed by atoms with Crippen LogP contribution in [0.4, 0.5) is 0 Å². The molecule has 0 aliphatic rings. The second-order valence-electron chi connectivity index (χ2n) is 13.3. The Balaban J connectivity index is 1.12. The van der Waals surface area contributed by atoms with Gasteiger partial charge in [-0.3, -0.25) is 0 Å². The minimum Gasteiger partial charge on any atom is -0.208 e. The van der Waals surface area contributed by atoms with Crippen molar-refractivity contribution in [1.29, 1.82) is 0 Å². The van der Waals surface area contributed by atoms with Crippen LogP contribution in [0.15, 0.2) is 212 Å². The van der Waals surface area contributed by atoms with Gasteiger partial charge in [-0.2, -0.15) is 0 Å². The van der Waals surface area contributed by atoms with Gasteiger partial charge in [-0.05, 0) is 67.8 Å². The first-order valence-corrected chi connectivity index (χ1v) is 18.2. The topological polar surface area (TPSA) is 38.7 Å². The van der Waals surface area contributed by atoms with Crippen molar-refractivity contribution in [3.05, 3.63) is 212 Å². The minimum absolute atomic E-state index is 0.624. The lowest BCUT2D eigenvalue weighted by Crippen LogP contribution is -2.00. The molecule has 3 heteroatoms. The summed E-state index contributed by atoms with van der Waals surface area (Å²) in [5.74, 6) is 1.88. The highest BCUT2D eigenvalue weighted by molar-refractivity contribution is 5.86. The van der Waals surface area contributed by atoms with Gasteiger partial charge in [0.15, 0.2) is 17.5 Å². The van der Waals surface area contributed by atoms with Crippen LogP contribution in [0.5, 0.6) is 0 Å². The summed E-state index contributed by atoms with van der Waals surface area (Å²) in [5.41, 5.74) is 14.3. The van der Waals surface area contributed by atoms with Crippen LogP contribution < -0.4 is 0 Å². The standard InChI is InChI=1S/C51H35N3/c1-4-14-36(15-5-1)39-26-30-41(31-27-39)47-24-10-11-25-48(47)44-21-13-23-46(35-44)51-53-49(42-32-28-40(29-33-42)37-16-6-2-7-17-37)52-50(54-51)45-22-12-20-43(34-45)38-18-8-3-9-19-38/h1-35H. The third kappa shape index (κ3) is 6.87. The summed E-state index contributed by atoms with van der Waals surface area (Å²) in [4.78, 5) is 15.3. The van der Waals surface area contributed by atoms with Crippen molar-refractivity contribution < 1.29 is 0 Å². The lowest BCUT2D eigenvalue weighted by molar-refractivity contribution is 1.07. The Morgan fingerprint density at radius 2 is 0.481 bits per heavy atom. The fourth-order valence-electron chi connectivity index (χ4n) is 6.96. The molecule has 0 N–H and O–H groups in total. The average molecular weight is 690 g/mol. The molecule has 1 aromatic heterocycles. The van der Waals surface area contributed by atoms with Crippen molar-refractivity contribution in [2.24, 2.45) is 0 Å². The maximum atomic E-state index is 5.13. The SMILES string of the molecule is c1ccc(-c2ccc(-c3nc(-c4cccc(-c5ccccc5)c4)nc(-c4cccc(-c5ccccc5-c5ccc(-c6ccccc6)cc5)c4)n3)cc2)cc1. The lowest BCUT2D eigenvalue weighted by Gasteiger charge is -2.13. The zero-order chi connectivity index (χ0) is 36.1. The number of hydrogen-bond acceptors (Lipinski definition) is 3. The fraction of sp³-hybridized carbons (Fsp3) is 0. The van der Waals surface area contributed by atoms with E-state index in [-0.39, 0.29) is 0 Å². The second kappa shape index (κ2) is 14.8. The Kier molecular flexibility index (Phi) is 8.94. The molecule has 9 aromatic rings. The van der Waals surface area contributed by atoms with E-state index in [9.17, 15) is 0 Å². The summed E-state index contributed by atoms with van der Waals surface area (Å²) in [6.07, 6.45) is 0. The van der Waals surface area contributed by atoms with Crippen LogP contribution in [0.1, 0.15) is 0 Å². The van der Waals surface area contributed by atoms with Crippen molar-refractivity contribution in [1.82, 2.24) is 15.0 Å². The van der Waals surface area contributed by atoms with Crippen LogP contribution in [0.3, 0.4) is 0 Å². The molecule has 0 atom stereocenters. The second-order valence-corrected chi connectivity index (χ2v) is 13.3. The molecule has 0 aliphatic heterocycles. The van der Waals surface area contributed by atoms with Gasteiger partial charge in [-0.1, -0.05) is 200 Å². The van der Waals surface area contributed by atoms with Crippen molar-refractivity contribution in [3.8, 4) is 89.8 Å². The van der Waals surface area contributed by atoms with Crippen molar-refractivity contribution in [2.75, 3.05) is 0 Å². The van der Waals surface area contributed by atoms with Gasteiger partial charge in [-0.15, -0.1) is 0 Å². The molecule has 0 radical (unpaired) electrons. The molecule has 9 rings (SSSR count). The first-order chi connectivity index (χ1) is 26.7. The molecule has 0 bridgehead atoms. The molecule has 0 unspecified atom stereocenters. The van der Waals surface area contributed by atoms with E-state index in [1.165, 1.54) is 22.3 Å². The van der Waals surface area contributed by atoms with E-state index >= 15 is 0 Å². The van der Waals surface area contributed by atoms with Crippen LogP contribution in [-0.4, -0.2) is 15.0 Å². The Morgan fingerprint density at radius 1 is 0.185 bits per heavy atom. The van der Waals surface area contributed by atoms with Gasteiger partial charge >= 0.3 is 0 Å². The summed E-state index contributed by atoms with van der Waals surface area (Å²) in [6.45, 7) is 0. The number of rotatable bonds is 8. The molecule has 0 amide bonds. The Bertz CT molecular complexity index is 2670.